The quantitative estimate of drug-likeness (QED) is 0.745. The van der Waals surface area contributed by atoms with Crippen molar-refractivity contribution in [3.63, 3.8) is 0 Å². The van der Waals surface area contributed by atoms with Crippen LogP contribution < -0.4 is 5.32 Å². The zero-order valence-corrected chi connectivity index (χ0v) is 16.3. The van der Waals surface area contributed by atoms with Crippen LogP contribution in [-0.2, 0) is 11.8 Å². The van der Waals surface area contributed by atoms with Crippen molar-refractivity contribution in [1.29, 1.82) is 0 Å². The topological polar surface area (TPSA) is 80.9 Å². The van der Waals surface area contributed by atoms with Gasteiger partial charge in [0.25, 0.3) is 0 Å². The smallest absolute Gasteiger partial charge is 0.238 e. The van der Waals surface area contributed by atoms with Gasteiger partial charge in [-0.1, -0.05) is 5.21 Å². The maximum Gasteiger partial charge on any atom is 0.238 e. The SMILES string of the molecule is Cc1nn(C)c(C)c1NC(=O)CN1CCC(n2nnc3cc(F)ccc32)CC1. The van der Waals surface area contributed by atoms with Crippen LogP contribution in [0.15, 0.2) is 18.2 Å². The number of hydrogen-bond acceptors (Lipinski definition) is 5. The molecule has 2 aromatic heterocycles. The number of carbonyl (C=O) groups excluding carboxylic acids is 1. The Bertz CT molecular complexity index is 1020. The van der Waals surface area contributed by atoms with Gasteiger partial charge in [0.2, 0.25) is 5.91 Å². The second kappa shape index (κ2) is 7.31. The molecule has 1 aliphatic rings. The summed E-state index contributed by atoms with van der Waals surface area (Å²) >= 11 is 0. The minimum Gasteiger partial charge on any atom is -0.322 e. The van der Waals surface area contributed by atoms with Crippen molar-refractivity contribution in [2.75, 3.05) is 25.0 Å². The molecule has 0 radical (unpaired) electrons. The van der Waals surface area contributed by atoms with E-state index in [2.05, 4.69) is 25.6 Å². The van der Waals surface area contributed by atoms with Crippen LogP contribution in [0.1, 0.15) is 30.3 Å². The molecule has 0 bridgehead atoms. The van der Waals surface area contributed by atoms with E-state index in [1.165, 1.54) is 12.1 Å². The Kier molecular flexibility index (Phi) is 4.84. The van der Waals surface area contributed by atoms with Gasteiger partial charge in [0.05, 0.1) is 35.2 Å². The van der Waals surface area contributed by atoms with Crippen LogP contribution in [0.5, 0.6) is 0 Å². The van der Waals surface area contributed by atoms with E-state index < -0.39 is 0 Å². The standard InChI is InChI=1S/C19H24FN7O/c1-12-19(13(2)25(3)23-12)21-18(28)11-26-8-6-15(7-9-26)27-17-5-4-14(20)10-16(17)22-24-27/h4-5,10,15H,6-9,11H2,1-3H3,(H,21,28). The number of anilines is 1. The van der Waals surface area contributed by atoms with E-state index in [9.17, 15) is 9.18 Å². The highest BCUT2D eigenvalue weighted by Crippen LogP contribution is 2.26. The van der Waals surface area contributed by atoms with Gasteiger partial charge < -0.3 is 5.32 Å². The summed E-state index contributed by atoms with van der Waals surface area (Å²) in [5.74, 6) is -0.334. The van der Waals surface area contributed by atoms with E-state index in [4.69, 9.17) is 0 Å². The first kappa shape index (κ1) is 18.5. The molecule has 0 saturated carbocycles. The minimum atomic E-state index is -0.306. The number of fused-ring (bicyclic) bond motifs is 1. The first-order chi connectivity index (χ1) is 13.4. The number of amides is 1. The maximum atomic E-state index is 13.3. The van der Waals surface area contributed by atoms with Gasteiger partial charge in [-0.05, 0) is 38.8 Å². The molecule has 1 aromatic carbocycles. The van der Waals surface area contributed by atoms with Crippen LogP contribution in [0, 0.1) is 19.7 Å². The van der Waals surface area contributed by atoms with E-state index in [0.29, 0.717) is 12.1 Å². The third kappa shape index (κ3) is 3.49. The van der Waals surface area contributed by atoms with Gasteiger partial charge in [0.15, 0.2) is 0 Å². The number of aryl methyl sites for hydroxylation is 2. The van der Waals surface area contributed by atoms with Gasteiger partial charge in [-0.25, -0.2) is 9.07 Å². The van der Waals surface area contributed by atoms with Gasteiger partial charge in [-0.2, -0.15) is 5.10 Å². The predicted molar refractivity (Wildman–Crippen MR) is 104 cm³/mol. The fraction of sp³-hybridized carbons (Fsp3) is 0.474. The first-order valence-electron chi connectivity index (χ1n) is 9.45. The molecule has 9 heteroatoms. The molecule has 1 fully saturated rings. The van der Waals surface area contributed by atoms with Crippen molar-refractivity contribution in [2.45, 2.75) is 32.7 Å². The van der Waals surface area contributed by atoms with Gasteiger partial charge in [0.1, 0.15) is 11.3 Å². The highest BCUT2D eigenvalue weighted by molar-refractivity contribution is 5.93. The van der Waals surface area contributed by atoms with Crippen molar-refractivity contribution in [1.82, 2.24) is 29.7 Å². The summed E-state index contributed by atoms with van der Waals surface area (Å²) in [6, 6.07) is 4.77. The number of hydrogen-bond donors (Lipinski definition) is 1. The first-order valence-corrected chi connectivity index (χ1v) is 9.45. The third-order valence-corrected chi connectivity index (χ3v) is 5.48. The number of carbonyl (C=O) groups is 1. The summed E-state index contributed by atoms with van der Waals surface area (Å²) in [7, 11) is 1.87. The van der Waals surface area contributed by atoms with Gasteiger partial charge in [-0.3, -0.25) is 14.4 Å². The zero-order chi connectivity index (χ0) is 19.8. The molecule has 28 heavy (non-hydrogen) atoms. The molecule has 0 atom stereocenters. The van der Waals surface area contributed by atoms with Crippen LogP contribution >= 0.6 is 0 Å². The van der Waals surface area contributed by atoms with E-state index in [1.54, 1.807) is 10.7 Å². The summed E-state index contributed by atoms with van der Waals surface area (Å²) in [4.78, 5) is 14.6. The maximum absolute atomic E-state index is 13.3. The Hall–Kier alpha value is -2.81. The second-order valence-corrected chi connectivity index (χ2v) is 7.39. The molecule has 3 heterocycles. The zero-order valence-electron chi connectivity index (χ0n) is 16.3. The molecular weight excluding hydrogens is 361 g/mol. The number of nitrogens with zero attached hydrogens (tertiary/aromatic N) is 6. The lowest BCUT2D eigenvalue weighted by Gasteiger charge is -2.31. The lowest BCUT2D eigenvalue weighted by Crippen LogP contribution is -2.40. The largest absolute Gasteiger partial charge is 0.322 e. The Labute approximate surface area is 162 Å². The van der Waals surface area contributed by atoms with Crippen LogP contribution in [-0.4, -0.2) is 55.2 Å². The molecule has 1 saturated heterocycles. The molecule has 1 amide bonds. The van der Waals surface area contributed by atoms with Crippen molar-refractivity contribution in [2.24, 2.45) is 7.05 Å². The number of benzene rings is 1. The molecule has 4 rings (SSSR count). The minimum absolute atomic E-state index is 0.0284. The summed E-state index contributed by atoms with van der Waals surface area (Å²) in [5.41, 5.74) is 3.98. The molecule has 1 N–H and O–H groups in total. The van der Waals surface area contributed by atoms with Gasteiger partial charge in [0, 0.05) is 26.2 Å². The Morgan fingerprint density at radius 3 is 2.71 bits per heavy atom. The molecule has 148 valence electrons. The summed E-state index contributed by atoms with van der Waals surface area (Å²) in [5, 5.41) is 15.6. The third-order valence-electron chi connectivity index (χ3n) is 5.48. The number of rotatable bonds is 4. The number of nitrogens with one attached hydrogen (secondary N) is 1. The highest BCUT2D eigenvalue weighted by Gasteiger charge is 2.24. The molecular formula is C19H24FN7O. The van der Waals surface area contributed by atoms with E-state index in [0.717, 1.165) is 48.5 Å². The predicted octanol–water partition coefficient (Wildman–Crippen LogP) is 2.20. The van der Waals surface area contributed by atoms with E-state index in [1.807, 2.05) is 25.6 Å². The summed E-state index contributed by atoms with van der Waals surface area (Å²) < 4.78 is 17.0. The number of piperidine rings is 1. The number of likely N-dealkylation sites (tertiary alicyclic amines) is 1. The molecule has 0 aliphatic carbocycles. The Morgan fingerprint density at radius 2 is 2.04 bits per heavy atom. The van der Waals surface area contributed by atoms with Crippen molar-refractivity contribution in [3.05, 3.63) is 35.4 Å². The van der Waals surface area contributed by atoms with Crippen molar-refractivity contribution in [3.8, 4) is 0 Å². The summed E-state index contributed by atoms with van der Waals surface area (Å²) in [6.45, 7) is 5.78. The summed E-state index contributed by atoms with van der Waals surface area (Å²) in [6.07, 6.45) is 1.74. The van der Waals surface area contributed by atoms with Gasteiger partial charge >= 0.3 is 0 Å². The highest BCUT2D eigenvalue weighted by atomic mass is 19.1. The number of aromatic nitrogens is 5. The average Bonchev–Trinajstić information content (AvgIpc) is 3.18. The van der Waals surface area contributed by atoms with Gasteiger partial charge in [-0.15, -0.1) is 5.10 Å². The second-order valence-electron chi connectivity index (χ2n) is 7.39. The van der Waals surface area contributed by atoms with Crippen molar-refractivity contribution >= 4 is 22.6 Å². The molecule has 8 nitrogen and oxygen atoms in total. The average molecular weight is 385 g/mol. The lowest BCUT2D eigenvalue weighted by atomic mass is 10.0. The Balaban J connectivity index is 1.35. The van der Waals surface area contributed by atoms with E-state index in [-0.39, 0.29) is 17.8 Å². The van der Waals surface area contributed by atoms with Crippen LogP contribution in [0.4, 0.5) is 10.1 Å². The Morgan fingerprint density at radius 1 is 1.29 bits per heavy atom. The fourth-order valence-electron chi connectivity index (χ4n) is 3.84. The normalized spacial score (nSPS) is 16.0. The van der Waals surface area contributed by atoms with Crippen LogP contribution in [0.2, 0.25) is 0 Å². The fourth-order valence-corrected chi connectivity index (χ4v) is 3.84. The molecule has 3 aromatic rings. The van der Waals surface area contributed by atoms with E-state index >= 15 is 0 Å². The van der Waals surface area contributed by atoms with Crippen molar-refractivity contribution < 1.29 is 9.18 Å². The monoisotopic (exact) mass is 385 g/mol. The molecule has 0 spiro atoms. The number of halogens is 1. The molecule has 0 unspecified atom stereocenters. The lowest BCUT2D eigenvalue weighted by molar-refractivity contribution is -0.117. The van der Waals surface area contributed by atoms with Crippen LogP contribution in [0.3, 0.4) is 0 Å². The molecule has 1 aliphatic heterocycles. The van der Waals surface area contributed by atoms with Crippen LogP contribution in [0.25, 0.3) is 11.0 Å².